The monoisotopic (exact) mass is 1320 g/mol. The van der Waals surface area contributed by atoms with E-state index in [0.29, 0.717) is 64.1 Å². The highest BCUT2D eigenvalue weighted by Crippen LogP contribution is 2.69. The number of esters is 6. The second kappa shape index (κ2) is 22.7. The topological polar surface area (TPSA) is 257 Å². The van der Waals surface area contributed by atoms with Crippen LogP contribution in [0.4, 0.5) is 17.6 Å². The molecule has 8 saturated carbocycles. The van der Waals surface area contributed by atoms with E-state index in [1.807, 2.05) is 41.5 Å². The number of cyclic esters (lactones) is 1. The maximum atomic E-state index is 13.8. The fraction of sp³-hybridized carbons (Fsp3) is 0.908. The third-order valence-corrected chi connectivity index (χ3v) is 23.6. The van der Waals surface area contributed by atoms with Gasteiger partial charge in [0.15, 0.2) is 17.7 Å². The zero-order valence-electron chi connectivity index (χ0n) is 54.3. The number of carbonyl (C=O) groups excluding carboxylic acids is 6. The molecule has 17 rings (SSSR count). The van der Waals surface area contributed by atoms with Crippen molar-refractivity contribution in [3.63, 3.8) is 0 Å². The molecule has 12 bridgehead atoms. The molecule has 0 aromatic carbocycles. The summed E-state index contributed by atoms with van der Waals surface area (Å²) in [7, 11) is -3.50. The van der Waals surface area contributed by atoms with Crippen molar-refractivity contribution in [2.24, 2.45) is 85.8 Å². The van der Waals surface area contributed by atoms with Crippen molar-refractivity contribution in [1.82, 2.24) is 0 Å². The molecule has 0 N–H and O–H groups in total. The zero-order chi connectivity index (χ0) is 66.0. The van der Waals surface area contributed by atoms with Gasteiger partial charge in [0.2, 0.25) is 0 Å². The van der Waals surface area contributed by atoms with Gasteiger partial charge in [0, 0.05) is 29.6 Å². The third kappa shape index (κ3) is 12.1. The summed E-state index contributed by atoms with van der Waals surface area (Å²) < 4.78 is 151. The van der Waals surface area contributed by atoms with Crippen molar-refractivity contribution in [1.29, 1.82) is 0 Å². The molecule has 17 aliphatic rings. The molecule has 9 aliphatic heterocycles. The van der Waals surface area contributed by atoms with Crippen LogP contribution in [0.15, 0.2) is 0 Å². The van der Waals surface area contributed by atoms with E-state index in [2.05, 4.69) is 20.8 Å². The number of carbonyl (C=O) groups is 6. The molecular formula is C65H92F4O21S. The van der Waals surface area contributed by atoms with Crippen LogP contribution in [0.2, 0.25) is 0 Å². The Morgan fingerprint density at radius 1 is 0.527 bits per heavy atom. The number of hydrogen-bond donors (Lipinski definition) is 0. The van der Waals surface area contributed by atoms with Crippen LogP contribution in [0, 0.1) is 85.8 Å². The van der Waals surface area contributed by atoms with Crippen LogP contribution in [0.5, 0.6) is 0 Å². The maximum absolute atomic E-state index is 13.8. The zero-order valence-corrected chi connectivity index (χ0v) is 55.1. The van der Waals surface area contributed by atoms with Gasteiger partial charge >= 0.3 is 47.7 Å². The largest absolute Gasteiger partial charge is 0.465 e. The molecule has 0 aromatic heterocycles. The molecule has 0 aromatic rings. The summed E-state index contributed by atoms with van der Waals surface area (Å²) in [6.07, 6.45) is 6.09. The van der Waals surface area contributed by atoms with Crippen LogP contribution < -0.4 is 0 Å². The predicted molar refractivity (Wildman–Crippen MR) is 306 cm³/mol. The van der Waals surface area contributed by atoms with E-state index in [0.717, 1.165) is 32.1 Å². The quantitative estimate of drug-likeness (QED) is 0.0959. The van der Waals surface area contributed by atoms with Gasteiger partial charge in [-0.1, -0.05) is 41.5 Å². The van der Waals surface area contributed by atoms with Crippen LogP contribution in [0.1, 0.15) is 160 Å². The summed E-state index contributed by atoms with van der Waals surface area (Å²) in [5.41, 5.74) is -2.34. The summed E-state index contributed by atoms with van der Waals surface area (Å²) in [6, 6.07) is 0. The smallest absolute Gasteiger partial charge is 0.338 e. The van der Waals surface area contributed by atoms with Crippen molar-refractivity contribution in [3.8, 4) is 0 Å². The minimum absolute atomic E-state index is 0.00370. The summed E-state index contributed by atoms with van der Waals surface area (Å²) in [6.45, 7) is 21.7. The minimum Gasteiger partial charge on any atom is -0.465 e. The molecule has 26 heteroatoms. The molecule has 17 fully saturated rings. The third-order valence-electron chi connectivity index (χ3n) is 21.9. The molecule has 9 heterocycles. The Morgan fingerprint density at radius 3 is 1.44 bits per heavy atom. The van der Waals surface area contributed by atoms with Crippen LogP contribution in [-0.4, -0.2) is 168 Å². The minimum atomic E-state index is -4.27. The molecule has 0 amide bonds. The first-order valence-corrected chi connectivity index (χ1v) is 34.2. The fourth-order valence-corrected chi connectivity index (χ4v) is 19.5. The highest BCUT2D eigenvalue weighted by Gasteiger charge is 2.73. The van der Waals surface area contributed by atoms with Gasteiger partial charge in [-0.15, -0.1) is 0 Å². The lowest BCUT2D eigenvalue weighted by Gasteiger charge is -2.62. The first-order valence-electron chi connectivity index (χ1n) is 32.8. The number of rotatable bonds is 8. The highest BCUT2D eigenvalue weighted by molar-refractivity contribution is 7.87. The van der Waals surface area contributed by atoms with Crippen LogP contribution >= 0.6 is 0 Å². The van der Waals surface area contributed by atoms with Gasteiger partial charge in [-0.3, -0.25) is 28.2 Å². The Labute approximate surface area is 529 Å². The van der Waals surface area contributed by atoms with Gasteiger partial charge in [-0.25, -0.2) is 4.79 Å². The van der Waals surface area contributed by atoms with E-state index in [1.54, 1.807) is 20.8 Å². The van der Waals surface area contributed by atoms with Crippen molar-refractivity contribution in [2.75, 3.05) is 46.2 Å². The number of halogens is 4. The fourth-order valence-electron chi connectivity index (χ4n) is 17.8. The number of hydrogen-bond acceptors (Lipinski definition) is 21. The first kappa shape index (κ1) is 67.2. The molecule has 512 valence electrons. The van der Waals surface area contributed by atoms with Crippen molar-refractivity contribution >= 4 is 45.9 Å². The van der Waals surface area contributed by atoms with Crippen molar-refractivity contribution in [3.05, 3.63) is 0 Å². The van der Waals surface area contributed by atoms with Crippen LogP contribution in [-0.2, 0) is 99.9 Å². The second-order valence-corrected chi connectivity index (χ2v) is 35.4. The molecule has 16 atom stereocenters. The van der Waals surface area contributed by atoms with Gasteiger partial charge < -0.3 is 56.8 Å². The molecule has 16 unspecified atom stereocenters. The SMILES string of the molecule is CC(C)(C)C(=O)OCC1C2CC3C(=O)OC1C3O2.CC(C)(C)C(=O)OCC1C2CC3C(O2)C1OS3(=O)=O.CC(C)(C)COC(=O)C12CC3CC(C1)C1(OC4COC(=O)C4O1)C(C3)C2.CC(C)(C)COC(=O)C12CC3CC(C1)C1(OCC(F)(F)C(F)(F)CO1)C(C3)C2. The van der Waals surface area contributed by atoms with E-state index in [1.165, 1.54) is 0 Å². The Hall–Kier alpha value is -3.79. The molecule has 8 aliphatic carbocycles. The number of ether oxygens (including phenoxy) is 12. The number of fused-ring (bicyclic) bond motifs is 3. The van der Waals surface area contributed by atoms with E-state index >= 15 is 0 Å². The van der Waals surface area contributed by atoms with Gasteiger partial charge in [0.1, 0.15) is 62.2 Å². The standard InChI is InChI=1S/C20H28F4O4.C20H28O6.C13H18O5.C12H18O6S/c1-16(2,3)9-26-15(25)17-6-12-4-13(7-17)20(14(5-12)8-17)27-10-18(21,22)19(23,24)11-28-20;1-18(2,3)10-24-17(22)19-6-11-4-12(7-19)20(13(5-11)8-19)25-14-9-23-16(21)15(14)26-20;1-13(2,3)12(15)16-5-7-8-4-6-9(17-8)10(7)18-11(6)14;1-12(2,3)11(13)16-5-6-7-4-8-10(17-7)9(6)18-19(8,14)15/h12-14H,4-11H2,1-3H3;11-15H,4-10H2,1-3H3;6-10H,4-5H2,1-3H3;6-10H,4-5H2,1-3H3. The Bertz CT molecular complexity index is 2950. The van der Waals surface area contributed by atoms with Gasteiger partial charge in [-0.05, 0) is 141 Å². The highest BCUT2D eigenvalue weighted by atomic mass is 32.2. The van der Waals surface area contributed by atoms with E-state index in [9.17, 15) is 54.7 Å². The predicted octanol–water partition coefficient (Wildman–Crippen LogP) is 8.22. The molecule has 0 radical (unpaired) electrons. The van der Waals surface area contributed by atoms with Gasteiger partial charge in [0.25, 0.3) is 10.1 Å². The lowest BCUT2D eigenvalue weighted by Crippen LogP contribution is -2.65. The summed E-state index contributed by atoms with van der Waals surface area (Å²) in [5, 5.41) is -0.530. The second-order valence-electron chi connectivity index (χ2n) is 33.6. The normalized spacial score (nSPS) is 43.3. The first-order chi connectivity index (χ1) is 42.1. The summed E-state index contributed by atoms with van der Waals surface area (Å²) >= 11 is 0. The van der Waals surface area contributed by atoms with Gasteiger partial charge in [0.05, 0.1) is 65.5 Å². The van der Waals surface area contributed by atoms with Gasteiger partial charge in [-0.2, -0.15) is 26.0 Å². The average molecular weight is 1320 g/mol. The molecular weight excluding hydrogens is 1220 g/mol. The lowest BCUT2D eigenvalue weighted by molar-refractivity contribution is -0.346. The van der Waals surface area contributed by atoms with Crippen molar-refractivity contribution in [2.45, 2.75) is 238 Å². The van der Waals surface area contributed by atoms with Crippen molar-refractivity contribution < 1.29 is 116 Å². The molecule has 2 spiro atoms. The lowest BCUT2D eigenvalue weighted by atomic mass is 9.47. The molecule has 91 heavy (non-hydrogen) atoms. The molecule has 21 nitrogen and oxygen atoms in total. The maximum Gasteiger partial charge on any atom is 0.338 e. The molecule has 9 saturated heterocycles. The Balaban J connectivity index is 0.000000119. The Kier molecular flexibility index (Phi) is 16.7. The average Bonchev–Trinajstić information content (AvgIpc) is 1.71. The van der Waals surface area contributed by atoms with Crippen LogP contribution in [0.25, 0.3) is 0 Å². The van der Waals surface area contributed by atoms with E-state index in [-0.39, 0.29) is 150 Å². The summed E-state index contributed by atoms with van der Waals surface area (Å²) in [4.78, 5) is 72.9. The van der Waals surface area contributed by atoms with E-state index < -0.39 is 85.9 Å². The summed E-state index contributed by atoms with van der Waals surface area (Å²) in [5.74, 6) is -11.9. The Morgan fingerprint density at radius 2 is 0.978 bits per heavy atom. The van der Waals surface area contributed by atoms with E-state index in [4.69, 9.17) is 61.0 Å². The van der Waals surface area contributed by atoms with Crippen LogP contribution in [0.3, 0.4) is 0 Å². The number of alkyl halides is 4.